The Labute approximate surface area is 107 Å². The number of aliphatic hydroxyl groups excluding tert-OH is 2. The highest BCUT2D eigenvalue weighted by molar-refractivity contribution is 5.87. The number of esters is 1. The maximum absolute atomic E-state index is 11.8. The number of hydrogen-bond donors (Lipinski definition) is 2. The number of carbonyl (C=O) groups is 1. The highest BCUT2D eigenvalue weighted by atomic mass is 16.6. The first-order valence-electron chi connectivity index (χ1n) is 6.37. The molecular formula is C13H21NO4. The summed E-state index contributed by atoms with van der Waals surface area (Å²) in [6.45, 7) is 3.46. The van der Waals surface area contributed by atoms with Crippen LogP contribution in [0.25, 0.3) is 0 Å². The van der Waals surface area contributed by atoms with E-state index in [1.165, 1.54) is 0 Å². The minimum absolute atomic E-state index is 0.0950. The van der Waals surface area contributed by atoms with Gasteiger partial charge in [-0.25, -0.2) is 4.79 Å². The van der Waals surface area contributed by atoms with Gasteiger partial charge in [-0.05, 0) is 33.7 Å². The monoisotopic (exact) mass is 255 g/mol. The minimum atomic E-state index is -0.717. The zero-order valence-corrected chi connectivity index (χ0v) is 11.0. The molecule has 5 nitrogen and oxygen atoms in total. The molecule has 2 bridgehead atoms. The molecule has 2 heterocycles. The second-order valence-corrected chi connectivity index (χ2v) is 5.26. The van der Waals surface area contributed by atoms with Gasteiger partial charge in [-0.3, -0.25) is 4.90 Å². The van der Waals surface area contributed by atoms with Crippen LogP contribution in [0.3, 0.4) is 0 Å². The number of ether oxygens (including phenoxy) is 1. The fourth-order valence-corrected chi connectivity index (χ4v) is 2.91. The Balaban J connectivity index is 2.12. The average Bonchev–Trinajstić information content (AvgIpc) is 2.49. The normalized spacial score (nSPS) is 40.9. The van der Waals surface area contributed by atoms with Crippen LogP contribution in [-0.4, -0.2) is 58.5 Å². The number of piperidine rings is 1. The van der Waals surface area contributed by atoms with Gasteiger partial charge in [0.2, 0.25) is 0 Å². The molecule has 2 N–H and O–H groups in total. The number of likely N-dealkylation sites (N-methyl/N-ethyl adjacent to an activating group) is 1. The molecule has 0 aromatic carbocycles. The Morgan fingerprint density at radius 2 is 1.94 bits per heavy atom. The smallest absolute Gasteiger partial charge is 0.333 e. The molecule has 2 aliphatic heterocycles. The predicted molar refractivity (Wildman–Crippen MR) is 65.9 cm³/mol. The van der Waals surface area contributed by atoms with E-state index in [1.807, 2.05) is 11.9 Å². The summed E-state index contributed by atoms with van der Waals surface area (Å²) < 4.78 is 5.40. The number of fused-ring (bicyclic) bond motifs is 2. The predicted octanol–water partition coefficient (Wildman–Crippen LogP) is 0.0626. The summed E-state index contributed by atoms with van der Waals surface area (Å²) in [5.74, 6) is -0.392. The van der Waals surface area contributed by atoms with Crippen molar-refractivity contribution in [1.82, 2.24) is 4.90 Å². The number of nitrogens with zero attached hydrogens (tertiary/aromatic N) is 1. The van der Waals surface area contributed by atoms with E-state index in [2.05, 4.69) is 0 Å². The molecule has 0 spiro atoms. The summed E-state index contributed by atoms with van der Waals surface area (Å²) in [5.41, 5.74) is 0.534. The van der Waals surface area contributed by atoms with Gasteiger partial charge in [-0.1, -0.05) is 6.08 Å². The summed E-state index contributed by atoms with van der Waals surface area (Å²) in [7, 11) is 1.90. The molecule has 2 saturated heterocycles. The van der Waals surface area contributed by atoms with Crippen LogP contribution in [0.5, 0.6) is 0 Å². The van der Waals surface area contributed by atoms with E-state index in [0.29, 0.717) is 18.4 Å². The van der Waals surface area contributed by atoms with Crippen molar-refractivity contribution in [2.75, 3.05) is 7.05 Å². The van der Waals surface area contributed by atoms with Gasteiger partial charge in [-0.2, -0.15) is 0 Å². The second-order valence-electron chi connectivity index (χ2n) is 5.26. The topological polar surface area (TPSA) is 70.0 Å². The number of aliphatic hydroxyl groups is 2. The molecule has 0 aromatic rings. The molecule has 102 valence electrons. The maximum atomic E-state index is 11.8. The van der Waals surface area contributed by atoms with Crippen LogP contribution in [-0.2, 0) is 9.53 Å². The number of allylic oxidation sites excluding steroid dienone is 1. The molecular weight excluding hydrogens is 234 g/mol. The summed E-state index contributed by atoms with van der Waals surface area (Å²) in [4.78, 5) is 13.8. The molecule has 5 heteroatoms. The van der Waals surface area contributed by atoms with Gasteiger partial charge in [0, 0.05) is 11.6 Å². The van der Waals surface area contributed by atoms with Crippen molar-refractivity contribution in [3.63, 3.8) is 0 Å². The fourth-order valence-electron chi connectivity index (χ4n) is 2.91. The van der Waals surface area contributed by atoms with Crippen LogP contribution in [0, 0.1) is 0 Å². The quantitative estimate of drug-likeness (QED) is 0.539. The van der Waals surface area contributed by atoms with Crippen molar-refractivity contribution in [3.05, 3.63) is 11.6 Å². The van der Waals surface area contributed by atoms with Gasteiger partial charge >= 0.3 is 5.97 Å². The Bertz CT molecular complexity index is 368. The standard InChI is InChI=1S/C13H21NO4/c1-4-7(2)13(17)18-12-10-6-8(15)5-9(11(12)16)14(10)3/h4,8-12,15-16H,5-6H2,1-3H3/b7-4+/t8-,9-,10+,11+,12+/m1/s1. The van der Waals surface area contributed by atoms with E-state index in [9.17, 15) is 15.0 Å². The molecule has 5 atom stereocenters. The van der Waals surface area contributed by atoms with E-state index in [-0.39, 0.29) is 12.1 Å². The molecule has 0 saturated carbocycles. The Hall–Kier alpha value is -0.910. The molecule has 2 rings (SSSR count). The number of carbonyl (C=O) groups excluding carboxylic acids is 1. The van der Waals surface area contributed by atoms with Crippen LogP contribution in [0.2, 0.25) is 0 Å². The molecule has 0 amide bonds. The third-order valence-electron chi connectivity index (χ3n) is 4.18. The van der Waals surface area contributed by atoms with Crippen molar-refractivity contribution in [2.45, 2.75) is 57.1 Å². The summed E-state index contributed by atoms with van der Waals surface area (Å²) in [6.07, 6.45) is 1.08. The number of hydrogen-bond acceptors (Lipinski definition) is 5. The molecule has 0 unspecified atom stereocenters. The van der Waals surface area contributed by atoms with Gasteiger partial charge in [-0.15, -0.1) is 0 Å². The number of rotatable bonds is 2. The van der Waals surface area contributed by atoms with Crippen molar-refractivity contribution < 1.29 is 19.7 Å². The van der Waals surface area contributed by atoms with Gasteiger partial charge in [0.1, 0.15) is 12.2 Å². The largest absolute Gasteiger partial charge is 0.455 e. The first-order valence-corrected chi connectivity index (χ1v) is 6.37. The highest BCUT2D eigenvalue weighted by Crippen LogP contribution is 2.36. The van der Waals surface area contributed by atoms with Gasteiger partial charge in [0.15, 0.2) is 0 Å². The van der Waals surface area contributed by atoms with Crippen LogP contribution in [0.1, 0.15) is 26.7 Å². The van der Waals surface area contributed by atoms with E-state index in [4.69, 9.17) is 4.74 Å². The molecule has 0 aliphatic carbocycles. The lowest BCUT2D eigenvalue weighted by Gasteiger charge is -2.34. The van der Waals surface area contributed by atoms with Crippen molar-refractivity contribution in [3.8, 4) is 0 Å². The van der Waals surface area contributed by atoms with Gasteiger partial charge in [0.25, 0.3) is 0 Å². The summed E-state index contributed by atoms with van der Waals surface area (Å²) >= 11 is 0. The van der Waals surface area contributed by atoms with Gasteiger partial charge in [0.05, 0.1) is 12.1 Å². The Kier molecular flexibility index (Phi) is 3.75. The highest BCUT2D eigenvalue weighted by Gasteiger charge is 2.52. The first-order chi connectivity index (χ1) is 8.45. The molecule has 18 heavy (non-hydrogen) atoms. The van der Waals surface area contributed by atoms with E-state index in [1.54, 1.807) is 19.9 Å². The van der Waals surface area contributed by atoms with E-state index >= 15 is 0 Å². The zero-order valence-electron chi connectivity index (χ0n) is 11.0. The maximum Gasteiger partial charge on any atom is 0.333 e. The van der Waals surface area contributed by atoms with Crippen LogP contribution in [0.4, 0.5) is 0 Å². The minimum Gasteiger partial charge on any atom is -0.455 e. The molecule has 0 aromatic heterocycles. The lowest BCUT2D eigenvalue weighted by molar-refractivity contribution is -0.149. The van der Waals surface area contributed by atoms with Crippen molar-refractivity contribution in [2.24, 2.45) is 0 Å². The van der Waals surface area contributed by atoms with E-state index < -0.39 is 24.3 Å². The fraction of sp³-hybridized carbons (Fsp3) is 0.769. The third kappa shape index (κ3) is 2.18. The van der Waals surface area contributed by atoms with Crippen molar-refractivity contribution >= 4 is 5.97 Å². The Morgan fingerprint density at radius 1 is 1.33 bits per heavy atom. The summed E-state index contributed by atoms with van der Waals surface area (Å²) in [6, 6.07) is -0.218. The van der Waals surface area contributed by atoms with Crippen LogP contribution in [0.15, 0.2) is 11.6 Å². The van der Waals surface area contributed by atoms with Crippen LogP contribution < -0.4 is 0 Å². The molecule has 2 aliphatic rings. The van der Waals surface area contributed by atoms with Crippen molar-refractivity contribution in [1.29, 1.82) is 0 Å². The lowest BCUT2D eigenvalue weighted by atomic mass is 10.0. The second kappa shape index (κ2) is 4.99. The SMILES string of the molecule is C/C=C(\C)C(=O)O[C@@H]1[C@@H](O)[C@H]2C[C@@H](O)C[C@@H]1N2C. The Morgan fingerprint density at radius 3 is 2.56 bits per heavy atom. The van der Waals surface area contributed by atoms with E-state index in [0.717, 1.165) is 0 Å². The molecule has 0 radical (unpaired) electrons. The van der Waals surface area contributed by atoms with Crippen LogP contribution >= 0.6 is 0 Å². The van der Waals surface area contributed by atoms with Gasteiger partial charge < -0.3 is 14.9 Å². The molecule has 2 fully saturated rings. The lowest BCUT2D eigenvalue weighted by Crippen LogP contribution is -2.45. The summed E-state index contributed by atoms with van der Waals surface area (Å²) in [5, 5.41) is 19.9. The average molecular weight is 255 g/mol. The first kappa shape index (κ1) is 13.5. The third-order valence-corrected chi connectivity index (χ3v) is 4.18. The zero-order chi connectivity index (χ0) is 13.4.